The second-order valence-electron chi connectivity index (χ2n) is 6.09. The van der Waals surface area contributed by atoms with Crippen molar-refractivity contribution in [2.75, 3.05) is 20.7 Å². The summed E-state index contributed by atoms with van der Waals surface area (Å²) in [5.41, 5.74) is 0.827. The van der Waals surface area contributed by atoms with E-state index in [2.05, 4.69) is 50.2 Å². The lowest BCUT2D eigenvalue weighted by Crippen LogP contribution is -2.38. The zero-order valence-electron chi connectivity index (χ0n) is 16.6. The second kappa shape index (κ2) is 12.9. The number of nitrogens with one attached hydrogen (secondary N) is 2. The van der Waals surface area contributed by atoms with E-state index >= 15 is 0 Å². The van der Waals surface area contributed by atoms with Gasteiger partial charge in [-0.15, -0.1) is 0 Å². The van der Waals surface area contributed by atoms with Gasteiger partial charge in [0.25, 0.3) is 0 Å². The highest BCUT2D eigenvalue weighted by molar-refractivity contribution is 9.12. The highest BCUT2D eigenvalue weighted by atomic mass is 79.9. The van der Waals surface area contributed by atoms with Crippen LogP contribution in [-0.4, -0.2) is 48.9 Å². The van der Waals surface area contributed by atoms with Gasteiger partial charge in [0, 0.05) is 42.8 Å². The Morgan fingerprint density at radius 1 is 1.54 bits per heavy atom. The molecule has 1 aromatic rings. The maximum atomic E-state index is 11.5. The van der Waals surface area contributed by atoms with Gasteiger partial charge >= 0.3 is 0 Å². The van der Waals surface area contributed by atoms with E-state index in [0.29, 0.717) is 22.7 Å². The van der Waals surface area contributed by atoms with Crippen LogP contribution < -0.4 is 15.4 Å². The largest absolute Gasteiger partial charge is 0.619 e. The molecule has 0 aliphatic heterocycles. The summed E-state index contributed by atoms with van der Waals surface area (Å²) in [6.07, 6.45) is 8.10. The maximum Gasteiger partial charge on any atom is 0.185 e. The van der Waals surface area contributed by atoms with Crippen LogP contribution in [0.25, 0.3) is 0 Å². The molecule has 0 fully saturated rings. The topological polar surface area (TPSA) is 99.2 Å². The summed E-state index contributed by atoms with van der Waals surface area (Å²) in [5, 5.41) is 33.4. The van der Waals surface area contributed by atoms with Gasteiger partial charge in [0.15, 0.2) is 12.4 Å². The third kappa shape index (κ3) is 9.01. The fraction of sp³-hybridized carbons (Fsp3) is 0.421. The smallest absolute Gasteiger partial charge is 0.185 e. The Hall–Kier alpha value is -2.39. The molecule has 0 aromatic carbocycles. The van der Waals surface area contributed by atoms with Crippen molar-refractivity contribution in [3.05, 3.63) is 58.3 Å². The molecule has 0 aliphatic rings. The molecule has 0 bridgehead atoms. The van der Waals surface area contributed by atoms with E-state index in [0.717, 1.165) is 23.1 Å². The van der Waals surface area contributed by atoms with Gasteiger partial charge in [0.1, 0.15) is 11.7 Å². The van der Waals surface area contributed by atoms with Crippen molar-refractivity contribution in [3.8, 4) is 0 Å². The molecule has 0 aliphatic carbocycles. The molecular weight excluding hydrogens is 424 g/mol. The number of nitrogens with zero attached hydrogens (tertiary/aromatic N) is 4. The first kappa shape index (κ1) is 23.6. The number of aliphatic hydroxyl groups excluding tert-OH is 1. The first-order valence-electron chi connectivity index (χ1n) is 8.99. The van der Waals surface area contributed by atoms with Gasteiger partial charge in [-0.3, -0.25) is 10.0 Å². The number of amidine groups is 1. The van der Waals surface area contributed by atoms with Gasteiger partial charge in [-0.05, 0) is 28.4 Å². The molecule has 0 spiro atoms. The number of rotatable bonds is 11. The minimum absolute atomic E-state index is 0.0222. The molecule has 28 heavy (non-hydrogen) atoms. The highest BCUT2D eigenvalue weighted by Gasteiger charge is 2.10. The van der Waals surface area contributed by atoms with Gasteiger partial charge in [0.2, 0.25) is 0 Å². The number of hydrogen-bond donors (Lipinski definition) is 3. The number of hydrogen-bond acceptors (Lipinski definition) is 6. The van der Waals surface area contributed by atoms with E-state index in [9.17, 15) is 10.3 Å². The summed E-state index contributed by atoms with van der Waals surface area (Å²) in [6.45, 7) is 6.25. The number of halogens is 1. The SMILES string of the molecule is C=C(Br)/C=N\N(C)/C(=C\C(=N/C)N[C@H](CO)CCC)NCc1ccc[n+]([O-])c1. The van der Waals surface area contributed by atoms with E-state index in [1.165, 1.54) is 12.4 Å². The molecule has 1 aromatic heterocycles. The number of hydrazone groups is 1. The Kier molecular flexibility index (Phi) is 10.9. The molecule has 3 N–H and O–H groups in total. The quantitative estimate of drug-likeness (QED) is 0.156. The average Bonchev–Trinajstić information content (AvgIpc) is 2.67. The molecule has 8 nitrogen and oxygen atoms in total. The Labute approximate surface area is 175 Å². The van der Waals surface area contributed by atoms with Crippen LogP contribution in [-0.2, 0) is 6.54 Å². The maximum absolute atomic E-state index is 11.5. The molecule has 0 radical (unpaired) electrons. The number of pyridine rings is 1. The molecule has 0 saturated heterocycles. The Morgan fingerprint density at radius 2 is 2.29 bits per heavy atom. The molecule has 1 atom stereocenters. The predicted octanol–water partition coefficient (Wildman–Crippen LogP) is 1.86. The van der Waals surface area contributed by atoms with Crippen molar-refractivity contribution in [2.45, 2.75) is 32.4 Å². The van der Waals surface area contributed by atoms with Crippen molar-refractivity contribution in [1.82, 2.24) is 15.6 Å². The fourth-order valence-corrected chi connectivity index (χ4v) is 2.43. The second-order valence-corrected chi connectivity index (χ2v) is 7.11. The van der Waals surface area contributed by atoms with E-state index in [1.807, 2.05) is 6.07 Å². The molecule has 1 rings (SSSR count). The minimum atomic E-state index is -0.0779. The van der Waals surface area contributed by atoms with Crippen LogP contribution in [0.4, 0.5) is 0 Å². The van der Waals surface area contributed by atoms with Gasteiger partial charge < -0.3 is 20.9 Å². The molecule has 9 heteroatoms. The lowest BCUT2D eigenvalue weighted by atomic mass is 10.2. The average molecular weight is 453 g/mol. The number of aliphatic imine (C=N–C) groups is 1. The fourth-order valence-electron chi connectivity index (χ4n) is 2.34. The summed E-state index contributed by atoms with van der Waals surface area (Å²) >= 11 is 3.25. The summed E-state index contributed by atoms with van der Waals surface area (Å²) in [4.78, 5) is 4.26. The van der Waals surface area contributed by atoms with E-state index in [1.54, 1.807) is 37.5 Å². The summed E-state index contributed by atoms with van der Waals surface area (Å²) in [6, 6.07) is 3.48. The van der Waals surface area contributed by atoms with Gasteiger partial charge in [-0.25, -0.2) is 0 Å². The minimum Gasteiger partial charge on any atom is -0.619 e. The van der Waals surface area contributed by atoms with Crippen LogP contribution in [0.1, 0.15) is 25.3 Å². The van der Waals surface area contributed by atoms with Crippen LogP contribution in [0.15, 0.2) is 57.6 Å². The van der Waals surface area contributed by atoms with Gasteiger partial charge in [0.05, 0.1) is 18.9 Å². The first-order valence-corrected chi connectivity index (χ1v) is 9.78. The Bertz CT molecular complexity index is 720. The van der Waals surface area contributed by atoms with Crippen molar-refractivity contribution >= 4 is 28.0 Å². The lowest BCUT2D eigenvalue weighted by molar-refractivity contribution is -0.605. The van der Waals surface area contributed by atoms with Crippen molar-refractivity contribution in [1.29, 1.82) is 0 Å². The van der Waals surface area contributed by atoms with Crippen LogP contribution in [0.2, 0.25) is 0 Å². The van der Waals surface area contributed by atoms with E-state index < -0.39 is 0 Å². The van der Waals surface area contributed by atoms with Crippen molar-refractivity contribution < 1.29 is 9.84 Å². The first-order chi connectivity index (χ1) is 13.4. The molecular formula is C19H29BrN6O2. The number of allylic oxidation sites excluding steroid dienone is 1. The Balaban J connectivity index is 3.02. The van der Waals surface area contributed by atoms with Gasteiger partial charge in [-0.1, -0.05) is 19.9 Å². The Morgan fingerprint density at radius 3 is 2.86 bits per heavy atom. The summed E-state index contributed by atoms with van der Waals surface area (Å²) in [7, 11) is 3.46. The molecule has 1 heterocycles. The van der Waals surface area contributed by atoms with E-state index in [4.69, 9.17) is 0 Å². The van der Waals surface area contributed by atoms with Gasteiger partial charge in [-0.2, -0.15) is 9.83 Å². The number of aromatic nitrogens is 1. The highest BCUT2D eigenvalue weighted by Crippen LogP contribution is 2.05. The lowest BCUT2D eigenvalue weighted by Gasteiger charge is -2.21. The van der Waals surface area contributed by atoms with Crippen LogP contribution in [0, 0.1) is 5.21 Å². The van der Waals surface area contributed by atoms with Crippen molar-refractivity contribution in [3.63, 3.8) is 0 Å². The predicted molar refractivity (Wildman–Crippen MR) is 117 cm³/mol. The molecule has 0 amide bonds. The standard InChI is InChI=1S/C19H29BrN6O2/c1-5-7-17(14-27)24-18(21-3)10-19(25(4)23-11-15(2)20)22-12-16-8-6-9-26(28)13-16/h6,8-11,13,17,22,27H,2,5,7,12,14H2,1,3-4H3,(H,21,24)/b19-10-,23-11-/t17-/m0/s1. The molecule has 154 valence electrons. The zero-order valence-corrected chi connectivity index (χ0v) is 18.2. The third-order valence-electron chi connectivity index (χ3n) is 3.75. The number of aliphatic hydroxyl groups is 1. The van der Waals surface area contributed by atoms with Crippen LogP contribution in [0.3, 0.4) is 0 Å². The monoisotopic (exact) mass is 452 g/mol. The van der Waals surface area contributed by atoms with Crippen LogP contribution in [0.5, 0.6) is 0 Å². The molecule has 0 unspecified atom stereocenters. The van der Waals surface area contributed by atoms with Crippen molar-refractivity contribution in [2.24, 2.45) is 10.1 Å². The molecule has 0 saturated carbocycles. The van der Waals surface area contributed by atoms with Crippen LogP contribution >= 0.6 is 15.9 Å². The summed E-state index contributed by atoms with van der Waals surface area (Å²) < 4.78 is 1.40. The normalized spacial score (nSPS) is 13.5. The van der Waals surface area contributed by atoms with E-state index in [-0.39, 0.29) is 12.6 Å². The summed E-state index contributed by atoms with van der Waals surface area (Å²) in [5.74, 6) is 1.27. The zero-order chi connectivity index (χ0) is 20.9. The third-order valence-corrected chi connectivity index (χ3v) is 3.96.